The van der Waals surface area contributed by atoms with Crippen LogP contribution in [0, 0.1) is 6.92 Å². The number of amides is 1. The number of hydrogen-bond donors (Lipinski definition) is 1. The van der Waals surface area contributed by atoms with Gasteiger partial charge in [-0.15, -0.1) is 0 Å². The molecule has 1 N–H and O–H groups in total. The lowest BCUT2D eigenvalue weighted by Crippen LogP contribution is -2.30. The zero-order valence-electron chi connectivity index (χ0n) is 15.5. The van der Waals surface area contributed by atoms with Crippen LogP contribution in [0.5, 0.6) is 0 Å². The van der Waals surface area contributed by atoms with Gasteiger partial charge in [-0.1, -0.05) is 48.0 Å². The first-order chi connectivity index (χ1) is 12.3. The molecule has 0 bridgehead atoms. The molecule has 0 aliphatic rings. The molecule has 26 heavy (non-hydrogen) atoms. The highest BCUT2D eigenvalue weighted by Crippen LogP contribution is 2.15. The van der Waals surface area contributed by atoms with Crippen LogP contribution in [0.4, 0.5) is 0 Å². The van der Waals surface area contributed by atoms with Crippen molar-refractivity contribution in [1.82, 2.24) is 9.62 Å². The Morgan fingerprint density at radius 1 is 1.08 bits per heavy atom. The van der Waals surface area contributed by atoms with E-state index < -0.39 is 10.0 Å². The number of sulfonamides is 1. The van der Waals surface area contributed by atoms with Crippen LogP contribution in [-0.2, 0) is 14.8 Å². The van der Waals surface area contributed by atoms with Crippen LogP contribution in [0.3, 0.4) is 0 Å². The van der Waals surface area contributed by atoms with E-state index in [1.54, 1.807) is 30.3 Å². The van der Waals surface area contributed by atoms with Gasteiger partial charge in [-0.2, -0.15) is 0 Å². The van der Waals surface area contributed by atoms with Gasteiger partial charge in [0.25, 0.3) is 0 Å². The van der Waals surface area contributed by atoms with E-state index in [1.807, 2.05) is 38.1 Å². The summed E-state index contributed by atoms with van der Waals surface area (Å²) in [6.45, 7) is 4.26. The molecule has 2 aromatic carbocycles. The first kappa shape index (κ1) is 20.1. The highest BCUT2D eigenvalue weighted by atomic mass is 32.2. The van der Waals surface area contributed by atoms with Gasteiger partial charge < -0.3 is 5.32 Å². The molecule has 0 fully saturated rings. The van der Waals surface area contributed by atoms with Crippen LogP contribution in [0.15, 0.2) is 59.5 Å². The van der Waals surface area contributed by atoms with E-state index in [0.717, 1.165) is 5.56 Å². The van der Waals surface area contributed by atoms with Crippen LogP contribution < -0.4 is 5.32 Å². The number of hydrogen-bond acceptors (Lipinski definition) is 3. The highest BCUT2D eigenvalue weighted by Gasteiger charge is 2.20. The molecule has 0 spiro atoms. The Morgan fingerprint density at radius 2 is 1.69 bits per heavy atom. The predicted molar refractivity (Wildman–Crippen MR) is 103 cm³/mol. The summed E-state index contributed by atoms with van der Waals surface area (Å²) in [5.41, 5.74) is 2.22. The zero-order chi connectivity index (χ0) is 19.2. The Bertz CT molecular complexity index is 818. The topological polar surface area (TPSA) is 66.5 Å². The SMILES string of the molecule is Cc1ccc(C(C)NC(=O)CCCN(C)S(=O)(=O)c2ccccc2)cc1. The van der Waals surface area contributed by atoms with Gasteiger partial charge in [-0.25, -0.2) is 12.7 Å². The second-order valence-electron chi connectivity index (χ2n) is 6.44. The average Bonchev–Trinajstić information content (AvgIpc) is 2.62. The summed E-state index contributed by atoms with van der Waals surface area (Å²) in [5.74, 6) is -0.0800. The summed E-state index contributed by atoms with van der Waals surface area (Å²) in [6.07, 6.45) is 0.750. The van der Waals surface area contributed by atoms with Gasteiger partial charge in [0, 0.05) is 20.0 Å². The third-order valence-corrected chi connectivity index (χ3v) is 6.15. The van der Waals surface area contributed by atoms with Crippen LogP contribution in [0.1, 0.15) is 36.9 Å². The van der Waals surface area contributed by atoms with E-state index >= 15 is 0 Å². The zero-order valence-corrected chi connectivity index (χ0v) is 16.3. The van der Waals surface area contributed by atoms with E-state index in [4.69, 9.17) is 0 Å². The molecule has 6 heteroatoms. The van der Waals surface area contributed by atoms with Crippen LogP contribution in [0.2, 0.25) is 0 Å². The standard InChI is InChI=1S/C20H26N2O3S/c1-16-11-13-18(14-12-16)17(2)21-20(23)10-7-15-22(3)26(24,25)19-8-5-4-6-9-19/h4-6,8-9,11-14,17H,7,10,15H2,1-3H3,(H,21,23). The largest absolute Gasteiger partial charge is 0.350 e. The van der Waals surface area contributed by atoms with Crippen molar-refractivity contribution in [3.05, 3.63) is 65.7 Å². The summed E-state index contributed by atoms with van der Waals surface area (Å²) in [5, 5.41) is 2.95. The van der Waals surface area contributed by atoms with E-state index in [2.05, 4.69) is 5.32 Å². The molecule has 1 atom stereocenters. The monoisotopic (exact) mass is 374 g/mol. The van der Waals surface area contributed by atoms with Crippen LogP contribution >= 0.6 is 0 Å². The fourth-order valence-electron chi connectivity index (χ4n) is 2.61. The molecule has 0 saturated carbocycles. The minimum absolute atomic E-state index is 0.0751. The smallest absolute Gasteiger partial charge is 0.242 e. The van der Waals surface area contributed by atoms with Gasteiger partial charge in [0.2, 0.25) is 15.9 Å². The maximum absolute atomic E-state index is 12.4. The first-order valence-electron chi connectivity index (χ1n) is 8.68. The minimum Gasteiger partial charge on any atom is -0.350 e. The van der Waals surface area contributed by atoms with Crippen molar-refractivity contribution in [3.63, 3.8) is 0 Å². The molecule has 140 valence electrons. The fourth-order valence-corrected chi connectivity index (χ4v) is 3.84. The van der Waals surface area contributed by atoms with Crippen molar-refractivity contribution in [2.75, 3.05) is 13.6 Å². The molecule has 0 radical (unpaired) electrons. The van der Waals surface area contributed by atoms with Crippen molar-refractivity contribution in [1.29, 1.82) is 0 Å². The summed E-state index contributed by atoms with van der Waals surface area (Å²) in [6, 6.07) is 16.3. The van der Waals surface area contributed by atoms with Gasteiger partial charge in [-0.3, -0.25) is 4.79 Å². The molecule has 5 nitrogen and oxygen atoms in total. The third-order valence-electron chi connectivity index (χ3n) is 4.28. The maximum Gasteiger partial charge on any atom is 0.242 e. The molecular formula is C20H26N2O3S. The molecule has 0 heterocycles. The highest BCUT2D eigenvalue weighted by molar-refractivity contribution is 7.89. The number of nitrogens with zero attached hydrogens (tertiary/aromatic N) is 1. The van der Waals surface area contributed by atoms with Crippen molar-refractivity contribution in [2.45, 2.75) is 37.6 Å². The molecule has 1 unspecified atom stereocenters. The summed E-state index contributed by atoms with van der Waals surface area (Å²) < 4.78 is 26.1. The number of carbonyl (C=O) groups excluding carboxylic acids is 1. The Labute approximate surface area is 156 Å². The normalized spacial score (nSPS) is 12.8. The van der Waals surface area contributed by atoms with Gasteiger partial charge in [-0.05, 0) is 38.0 Å². The van der Waals surface area contributed by atoms with Gasteiger partial charge in [0.1, 0.15) is 0 Å². The number of aryl methyl sites for hydroxylation is 1. The molecule has 0 saturated heterocycles. The maximum atomic E-state index is 12.4. The van der Waals surface area contributed by atoms with Crippen molar-refractivity contribution >= 4 is 15.9 Å². The van der Waals surface area contributed by atoms with Gasteiger partial charge >= 0.3 is 0 Å². The Hall–Kier alpha value is -2.18. The second-order valence-corrected chi connectivity index (χ2v) is 8.49. The molecule has 2 aromatic rings. The molecule has 1 amide bonds. The van der Waals surface area contributed by atoms with Crippen molar-refractivity contribution in [3.8, 4) is 0 Å². The third kappa shape index (κ3) is 5.41. The lowest BCUT2D eigenvalue weighted by atomic mass is 10.1. The number of rotatable bonds is 8. The molecular weight excluding hydrogens is 348 g/mol. The van der Waals surface area contributed by atoms with Crippen LogP contribution in [-0.4, -0.2) is 32.2 Å². The minimum atomic E-state index is -3.51. The Morgan fingerprint density at radius 3 is 2.31 bits per heavy atom. The number of carbonyl (C=O) groups is 1. The summed E-state index contributed by atoms with van der Waals surface area (Å²) in [4.78, 5) is 12.4. The molecule has 0 aliphatic carbocycles. The quantitative estimate of drug-likeness (QED) is 0.771. The molecule has 0 aliphatic heterocycles. The first-order valence-corrected chi connectivity index (χ1v) is 10.1. The fraction of sp³-hybridized carbons (Fsp3) is 0.350. The molecule has 2 rings (SSSR count). The van der Waals surface area contributed by atoms with E-state index in [-0.39, 0.29) is 23.3 Å². The molecule has 0 aromatic heterocycles. The van der Waals surface area contributed by atoms with Gasteiger partial charge in [0.15, 0.2) is 0 Å². The second kappa shape index (κ2) is 8.96. The number of benzene rings is 2. The van der Waals surface area contributed by atoms with Crippen molar-refractivity contribution < 1.29 is 13.2 Å². The van der Waals surface area contributed by atoms with E-state index in [1.165, 1.54) is 16.9 Å². The van der Waals surface area contributed by atoms with Gasteiger partial charge in [0.05, 0.1) is 10.9 Å². The Balaban J connectivity index is 1.81. The summed E-state index contributed by atoms with van der Waals surface area (Å²) in [7, 11) is -1.97. The lowest BCUT2D eigenvalue weighted by molar-refractivity contribution is -0.121. The van der Waals surface area contributed by atoms with Crippen molar-refractivity contribution in [2.24, 2.45) is 0 Å². The van der Waals surface area contributed by atoms with Crippen LogP contribution in [0.25, 0.3) is 0 Å². The number of nitrogens with one attached hydrogen (secondary N) is 1. The lowest BCUT2D eigenvalue weighted by Gasteiger charge is -2.18. The average molecular weight is 375 g/mol. The Kier molecular flexibility index (Phi) is 6.94. The summed E-state index contributed by atoms with van der Waals surface area (Å²) >= 11 is 0. The predicted octanol–water partition coefficient (Wildman–Crippen LogP) is 3.27. The van der Waals surface area contributed by atoms with E-state index in [0.29, 0.717) is 13.0 Å². The van der Waals surface area contributed by atoms with E-state index in [9.17, 15) is 13.2 Å².